The lowest BCUT2D eigenvalue weighted by Crippen LogP contribution is -2.20. The highest BCUT2D eigenvalue weighted by Gasteiger charge is 2.26. The maximum atomic E-state index is 11.7. The van der Waals surface area contributed by atoms with Gasteiger partial charge in [0.2, 0.25) is 0 Å². The molecule has 1 heteroatoms. The van der Waals surface area contributed by atoms with Crippen LogP contribution in [0.4, 0.5) is 0 Å². The minimum absolute atomic E-state index is 0.0165. The second kappa shape index (κ2) is 4.59. The normalized spacial score (nSPS) is 33.6. The summed E-state index contributed by atoms with van der Waals surface area (Å²) < 4.78 is 7.76. The van der Waals surface area contributed by atoms with E-state index < -0.39 is 6.40 Å². The molecule has 0 aliphatic heterocycles. The molecule has 0 saturated carbocycles. The Labute approximate surface area is 88.3 Å². The van der Waals surface area contributed by atoms with Crippen molar-refractivity contribution < 1.29 is 6.17 Å². The van der Waals surface area contributed by atoms with Gasteiger partial charge in [0.1, 0.15) is 0 Å². The minimum atomic E-state index is -0.593. The Kier molecular flexibility index (Phi) is 3.18. The number of carbonyl (C=O) groups is 1. The summed E-state index contributed by atoms with van der Waals surface area (Å²) in [5, 5.41) is 0. The van der Waals surface area contributed by atoms with E-state index in [-0.39, 0.29) is 11.2 Å². The average molecular weight is 193 g/mol. The second-order valence-corrected chi connectivity index (χ2v) is 4.26. The number of rotatable bonds is 4. The fourth-order valence-electron chi connectivity index (χ4n) is 1.68. The number of ketones is 1. The third-order valence-corrected chi connectivity index (χ3v) is 2.81. The van der Waals surface area contributed by atoms with E-state index in [0.29, 0.717) is 6.42 Å². The Morgan fingerprint density at radius 2 is 2.50 bits per heavy atom. The molecule has 0 bridgehead atoms. The highest BCUT2D eigenvalue weighted by atomic mass is 16.1. The predicted molar refractivity (Wildman–Crippen MR) is 60.2 cm³/mol. The quantitative estimate of drug-likeness (QED) is 0.623. The number of hydrogen-bond donors (Lipinski definition) is 0. The zero-order valence-electron chi connectivity index (χ0n) is 10.2. The Balaban J connectivity index is 2.88. The summed E-state index contributed by atoms with van der Waals surface area (Å²) >= 11 is 0. The third kappa shape index (κ3) is 2.57. The first-order valence-corrected chi connectivity index (χ1v) is 5.34. The molecule has 78 valence electrons. The van der Waals surface area contributed by atoms with Crippen molar-refractivity contribution in [2.24, 2.45) is 5.41 Å². The Morgan fingerprint density at radius 1 is 1.79 bits per heavy atom. The van der Waals surface area contributed by atoms with Crippen LogP contribution in [-0.4, -0.2) is 5.78 Å². The van der Waals surface area contributed by atoms with Gasteiger partial charge in [-0.05, 0) is 24.8 Å². The van der Waals surface area contributed by atoms with Gasteiger partial charge in [-0.15, -0.1) is 6.58 Å². The summed E-state index contributed by atoms with van der Waals surface area (Å²) in [6.07, 6.45) is 6.77. The third-order valence-electron chi connectivity index (χ3n) is 2.81. The molecule has 1 aliphatic rings. The van der Waals surface area contributed by atoms with E-state index >= 15 is 0 Å². The highest BCUT2D eigenvalue weighted by molar-refractivity contribution is 5.96. The number of Topliss-reactive ketones (excluding diaryl/α,β-unsaturated/α-hetero) is 1. The van der Waals surface area contributed by atoms with Crippen LogP contribution in [0.2, 0.25) is 0 Å². The van der Waals surface area contributed by atoms with Crippen LogP contribution in [0.25, 0.3) is 0 Å². The largest absolute Gasteiger partial charge is 0.295 e. The van der Waals surface area contributed by atoms with E-state index in [2.05, 4.69) is 13.5 Å². The molecule has 0 saturated heterocycles. The Bertz CT molecular complexity index is 293. The first-order valence-electron chi connectivity index (χ1n) is 5.92. The lowest BCUT2D eigenvalue weighted by Gasteiger charge is -2.27. The number of allylic oxidation sites excluding steroid dienone is 3. The van der Waals surface area contributed by atoms with Crippen molar-refractivity contribution >= 4 is 5.78 Å². The fourth-order valence-corrected chi connectivity index (χ4v) is 1.68. The van der Waals surface area contributed by atoms with Crippen LogP contribution in [0.1, 0.15) is 47.3 Å². The van der Waals surface area contributed by atoms with Crippen molar-refractivity contribution in [1.82, 2.24) is 0 Å². The van der Waals surface area contributed by atoms with E-state index in [1.54, 1.807) is 0 Å². The summed E-state index contributed by atoms with van der Waals surface area (Å²) in [4.78, 5) is 11.7. The maximum Gasteiger partial charge on any atom is 0.158 e. The summed E-state index contributed by atoms with van der Waals surface area (Å²) in [5.41, 5.74) is 0.675. The number of hydrogen-bond acceptors (Lipinski definition) is 1. The standard InChI is InChI=1S/C13H20O/c1-4-6-7-11-10-13(3,5-2)9-8-12(11)14/h5,10H,2,4,6-9H2,1,3H3/i8D. The monoisotopic (exact) mass is 193 g/mol. The number of carbonyl (C=O) groups excluding carboxylic acids is 1. The second-order valence-electron chi connectivity index (χ2n) is 4.26. The van der Waals surface area contributed by atoms with Gasteiger partial charge in [-0.3, -0.25) is 4.79 Å². The molecule has 0 heterocycles. The zero-order chi connectivity index (χ0) is 11.5. The molecule has 0 N–H and O–H groups in total. The van der Waals surface area contributed by atoms with Crippen LogP contribution in [-0.2, 0) is 4.79 Å². The predicted octanol–water partition coefficient (Wildman–Crippen LogP) is 3.66. The van der Waals surface area contributed by atoms with E-state index in [0.717, 1.165) is 24.8 Å². The summed E-state index contributed by atoms with van der Waals surface area (Å²) in [7, 11) is 0. The van der Waals surface area contributed by atoms with Gasteiger partial charge >= 0.3 is 0 Å². The van der Waals surface area contributed by atoms with Crippen molar-refractivity contribution in [3.05, 3.63) is 24.3 Å². The van der Waals surface area contributed by atoms with Gasteiger partial charge in [0.25, 0.3) is 0 Å². The van der Waals surface area contributed by atoms with Crippen molar-refractivity contribution in [1.29, 1.82) is 0 Å². The van der Waals surface area contributed by atoms with E-state index in [1.165, 1.54) is 0 Å². The van der Waals surface area contributed by atoms with Gasteiger partial charge in [-0.2, -0.15) is 0 Å². The zero-order valence-corrected chi connectivity index (χ0v) is 9.18. The van der Waals surface area contributed by atoms with Crippen molar-refractivity contribution in [2.75, 3.05) is 0 Å². The molecule has 0 aromatic rings. The fraction of sp³-hybridized carbons (Fsp3) is 0.615. The van der Waals surface area contributed by atoms with Crippen LogP contribution >= 0.6 is 0 Å². The van der Waals surface area contributed by atoms with Crippen LogP contribution in [0, 0.1) is 5.41 Å². The molecule has 0 amide bonds. The van der Waals surface area contributed by atoms with Gasteiger partial charge in [0, 0.05) is 13.2 Å². The molecule has 1 aliphatic carbocycles. The molecule has 0 fully saturated rings. The average Bonchev–Trinajstić information content (AvgIpc) is 2.21. The van der Waals surface area contributed by atoms with Gasteiger partial charge in [0.05, 0.1) is 0 Å². The Morgan fingerprint density at radius 3 is 3.07 bits per heavy atom. The minimum Gasteiger partial charge on any atom is -0.295 e. The molecule has 0 aromatic carbocycles. The number of unbranched alkanes of at least 4 members (excludes halogenated alkanes) is 1. The lowest BCUT2D eigenvalue weighted by molar-refractivity contribution is -0.116. The molecular weight excluding hydrogens is 172 g/mol. The summed E-state index contributed by atoms with van der Waals surface area (Å²) in [6, 6.07) is 0. The van der Waals surface area contributed by atoms with Crippen molar-refractivity contribution in [2.45, 2.75) is 45.9 Å². The highest BCUT2D eigenvalue weighted by Crippen LogP contribution is 2.34. The topological polar surface area (TPSA) is 17.1 Å². The van der Waals surface area contributed by atoms with Crippen LogP contribution in [0.5, 0.6) is 0 Å². The first-order chi connectivity index (χ1) is 7.02. The molecule has 14 heavy (non-hydrogen) atoms. The van der Waals surface area contributed by atoms with Crippen LogP contribution in [0.3, 0.4) is 0 Å². The van der Waals surface area contributed by atoms with E-state index in [4.69, 9.17) is 1.37 Å². The molecular formula is C13H20O. The maximum absolute atomic E-state index is 11.7. The first kappa shape index (κ1) is 9.70. The summed E-state index contributed by atoms with van der Waals surface area (Å²) in [5.74, 6) is 0.0165. The van der Waals surface area contributed by atoms with Gasteiger partial charge in [0.15, 0.2) is 5.78 Å². The van der Waals surface area contributed by atoms with E-state index in [1.807, 2.05) is 19.1 Å². The van der Waals surface area contributed by atoms with Gasteiger partial charge < -0.3 is 0 Å². The van der Waals surface area contributed by atoms with Crippen LogP contribution in [0.15, 0.2) is 24.3 Å². The molecule has 0 aromatic heterocycles. The SMILES string of the molecule is [2H]C1CC(C)(C=C)C=C(CCCC)C1=O. The van der Waals surface area contributed by atoms with Crippen molar-refractivity contribution in [3.8, 4) is 0 Å². The molecule has 1 nitrogen and oxygen atoms in total. The molecule has 2 unspecified atom stereocenters. The van der Waals surface area contributed by atoms with Crippen molar-refractivity contribution in [3.63, 3.8) is 0 Å². The lowest BCUT2D eigenvalue weighted by atomic mass is 9.76. The van der Waals surface area contributed by atoms with Crippen LogP contribution < -0.4 is 0 Å². The smallest absolute Gasteiger partial charge is 0.158 e. The van der Waals surface area contributed by atoms with Gasteiger partial charge in [-0.1, -0.05) is 32.4 Å². The van der Waals surface area contributed by atoms with E-state index in [9.17, 15) is 4.79 Å². The Hall–Kier alpha value is -0.850. The molecule has 1 rings (SSSR count). The van der Waals surface area contributed by atoms with Gasteiger partial charge in [-0.25, -0.2) is 0 Å². The molecule has 0 spiro atoms. The molecule has 0 radical (unpaired) electrons. The molecule has 2 atom stereocenters. The summed E-state index contributed by atoms with van der Waals surface area (Å²) in [6.45, 7) is 7.94.